The maximum absolute atomic E-state index is 6.21. The number of aryl methyl sites for hydroxylation is 1. The highest BCUT2D eigenvalue weighted by Gasteiger charge is 2.43. The quantitative estimate of drug-likeness (QED) is 0.925. The Bertz CT molecular complexity index is 642. The Morgan fingerprint density at radius 1 is 1.20 bits per heavy atom. The van der Waals surface area contributed by atoms with Gasteiger partial charge in [0.15, 0.2) is 0 Å². The van der Waals surface area contributed by atoms with Crippen LogP contribution in [0.15, 0.2) is 30.5 Å². The number of hydrogen-bond donors (Lipinski definition) is 1. The van der Waals surface area contributed by atoms with Gasteiger partial charge in [0.25, 0.3) is 0 Å². The van der Waals surface area contributed by atoms with E-state index < -0.39 is 0 Å². The van der Waals surface area contributed by atoms with E-state index in [0.29, 0.717) is 5.92 Å². The first-order valence-electron chi connectivity index (χ1n) is 7.23. The molecule has 0 atom stereocenters. The monoisotopic (exact) mass is 267 g/mol. The molecule has 0 bridgehead atoms. The molecule has 0 amide bonds. The summed E-state index contributed by atoms with van der Waals surface area (Å²) in [4.78, 5) is 9.05. The van der Waals surface area contributed by atoms with Crippen LogP contribution in [0.1, 0.15) is 49.6 Å². The Hall–Kier alpha value is -1.74. The molecule has 1 saturated carbocycles. The predicted octanol–water partition coefficient (Wildman–Crippen LogP) is 3.52. The second-order valence-corrected chi connectivity index (χ2v) is 6.15. The maximum atomic E-state index is 6.21. The van der Waals surface area contributed by atoms with Gasteiger partial charge in [0.1, 0.15) is 5.82 Å². The van der Waals surface area contributed by atoms with Crippen LogP contribution in [0.4, 0.5) is 0 Å². The maximum Gasteiger partial charge on any atom is 0.148 e. The summed E-state index contributed by atoms with van der Waals surface area (Å²) in [6.07, 6.45) is 3.80. The minimum absolute atomic E-state index is 0.278. The molecule has 1 aromatic heterocycles. The van der Waals surface area contributed by atoms with Crippen LogP contribution >= 0.6 is 0 Å². The van der Waals surface area contributed by atoms with Gasteiger partial charge in [-0.1, -0.05) is 26.0 Å². The third-order valence-corrected chi connectivity index (χ3v) is 4.09. The summed E-state index contributed by atoms with van der Waals surface area (Å²) < 4.78 is 0. The summed E-state index contributed by atoms with van der Waals surface area (Å²) >= 11 is 0. The van der Waals surface area contributed by atoms with Gasteiger partial charge in [0.2, 0.25) is 0 Å². The minimum atomic E-state index is -0.278. The zero-order chi connectivity index (χ0) is 14.3. The van der Waals surface area contributed by atoms with E-state index in [2.05, 4.69) is 44.0 Å². The molecular weight excluding hydrogens is 246 g/mol. The van der Waals surface area contributed by atoms with Gasteiger partial charge in [-0.25, -0.2) is 9.97 Å². The van der Waals surface area contributed by atoms with E-state index in [1.165, 1.54) is 16.7 Å². The Balaban J connectivity index is 2.06. The first-order chi connectivity index (χ1) is 9.49. The topological polar surface area (TPSA) is 51.8 Å². The lowest BCUT2D eigenvalue weighted by molar-refractivity contribution is 0.673. The standard InChI is InChI=1S/C17H21N3/c1-11(2)13-5-4-12(3)14(10-13)15-6-9-19-16(20-15)17(18)7-8-17/h4-6,9-11H,7-8,18H2,1-3H3. The Morgan fingerprint density at radius 2 is 1.95 bits per heavy atom. The fourth-order valence-electron chi connectivity index (χ4n) is 2.38. The van der Waals surface area contributed by atoms with Crippen molar-refractivity contribution < 1.29 is 0 Å². The fraction of sp³-hybridized carbons (Fsp3) is 0.412. The number of benzene rings is 1. The summed E-state index contributed by atoms with van der Waals surface area (Å²) in [6.45, 7) is 6.54. The molecule has 3 nitrogen and oxygen atoms in total. The van der Waals surface area contributed by atoms with Gasteiger partial charge in [0.05, 0.1) is 11.2 Å². The van der Waals surface area contributed by atoms with E-state index >= 15 is 0 Å². The molecule has 1 aliphatic rings. The molecule has 1 heterocycles. The van der Waals surface area contributed by atoms with Crippen LogP contribution in [-0.4, -0.2) is 9.97 Å². The van der Waals surface area contributed by atoms with E-state index in [9.17, 15) is 0 Å². The van der Waals surface area contributed by atoms with Crippen molar-refractivity contribution in [1.82, 2.24) is 9.97 Å². The number of aromatic nitrogens is 2. The third kappa shape index (κ3) is 2.34. The summed E-state index contributed by atoms with van der Waals surface area (Å²) in [6, 6.07) is 8.57. The van der Waals surface area contributed by atoms with Crippen LogP contribution in [0.2, 0.25) is 0 Å². The van der Waals surface area contributed by atoms with Crippen molar-refractivity contribution in [1.29, 1.82) is 0 Å². The molecule has 0 aliphatic heterocycles. The van der Waals surface area contributed by atoms with Gasteiger partial charge >= 0.3 is 0 Å². The second-order valence-electron chi connectivity index (χ2n) is 6.15. The van der Waals surface area contributed by atoms with Crippen molar-refractivity contribution in [2.45, 2.75) is 45.1 Å². The molecule has 1 aliphatic carbocycles. The van der Waals surface area contributed by atoms with Crippen molar-refractivity contribution in [3.05, 3.63) is 47.4 Å². The van der Waals surface area contributed by atoms with Crippen molar-refractivity contribution in [3.63, 3.8) is 0 Å². The molecule has 3 rings (SSSR count). The zero-order valence-corrected chi connectivity index (χ0v) is 12.4. The van der Waals surface area contributed by atoms with Crippen molar-refractivity contribution >= 4 is 0 Å². The largest absolute Gasteiger partial charge is 0.319 e. The first-order valence-corrected chi connectivity index (χ1v) is 7.23. The third-order valence-electron chi connectivity index (χ3n) is 4.09. The van der Waals surface area contributed by atoms with E-state index in [1.54, 1.807) is 0 Å². The molecule has 104 valence electrons. The smallest absolute Gasteiger partial charge is 0.148 e. The number of rotatable bonds is 3. The van der Waals surface area contributed by atoms with Crippen LogP contribution in [0.3, 0.4) is 0 Å². The van der Waals surface area contributed by atoms with Gasteiger partial charge < -0.3 is 5.73 Å². The summed E-state index contributed by atoms with van der Waals surface area (Å²) in [5, 5.41) is 0. The normalized spacial score (nSPS) is 16.4. The molecular formula is C17H21N3. The molecule has 3 heteroatoms. The highest BCUT2D eigenvalue weighted by atomic mass is 15.0. The Labute approximate surface area is 120 Å². The van der Waals surface area contributed by atoms with Gasteiger partial charge in [-0.05, 0) is 48.9 Å². The lowest BCUT2D eigenvalue weighted by Crippen LogP contribution is -2.22. The number of hydrogen-bond acceptors (Lipinski definition) is 3. The summed E-state index contributed by atoms with van der Waals surface area (Å²) in [7, 11) is 0. The minimum Gasteiger partial charge on any atom is -0.319 e. The lowest BCUT2D eigenvalue weighted by Gasteiger charge is -2.13. The molecule has 2 aromatic rings. The van der Waals surface area contributed by atoms with E-state index in [4.69, 9.17) is 10.7 Å². The van der Waals surface area contributed by atoms with Gasteiger partial charge in [-0.2, -0.15) is 0 Å². The van der Waals surface area contributed by atoms with E-state index in [1.807, 2.05) is 12.3 Å². The van der Waals surface area contributed by atoms with E-state index in [-0.39, 0.29) is 5.54 Å². The lowest BCUT2D eigenvalue weighted by atomic mass is 9.96. The number of nitrogens with two attached hydrogens (primary N) is 1. The van der Waals surface area contributed by atoms with Gasteiger partial charge in [0, 0.05) is 11.8 Å². The van der Waals surface area contributed by atoms with Crippen LogP contribution < -0.4 is 5.73 Å². The van der Waals surface area contributed by atoms with Crippen molar-refractivity contribution in [3.8, 4) is 11.3 Å². The molecule has 0 radical (unpaired) electrons. The van der Waals surface area contributed by atoms with Crippen molar-refractivity contribution in [2.75, 3.05) is 0 Å². The zero-order valence-electron chi connectivity index (χ0n) is 12.4. The SMILES string of the molecule is Cc1ccc(C(C)C)cc1-c1ccnc(C2(N)CC2)n1. The highest BCUT2D eigenvalue weighted by Crippen LogP contribution is 2.41. The van der Waals surface area contributed by atoms with Crippen LogP contribution in [0.25, 0.3) is 11.3 Å². The highest BCUT2D eigenvalue weighted by molar-refractivity contribution is 5.64. The van der Waals surface area contributed by atoms with Crippen LogP contribution in [-0.2, 0) is 5.54 Å². The Morgan fingerprint density at radius 3 is 2.60 bits per heavy atom. The molecule has 20 heavy (non-hydrogen) atoms. The predicted molar refractivity (Wildman–Crippen MR) is 81.4 cm³/mol. The number of nitrogens with zero attached hydrogens (tertiary/aromatic N) is 2. The van der Waals surface area contributed by atoms with Gasteiger partial charge in [-0.3, -0.25) is 0 Å². The molecule has 2 N–H and O–H groups in total. The molecule has 1 aromatic carbocycles. The van der Waals surface area contributed by atoms with Gasteiger partial charge in [-0.15, -0.1) is 0 Å². The Kier molecular flexibility index (Phi) is 3.09. The molecule has 0 spiro atoms. The molecule has 0 unspecified atom stereocenters. The van der Waals surface area contributed by atoms with Crippen LogP contribution in [0.5, 0.6) is 0 Å². The molecule has 0 saturated heterocycles. The fourth-order valence-corrected chi connectivity index (χ4v) is 2.38. The van der Waals surface area contributed by atoms with E-state index in [0.717, 1.165) is 24.4 Å². The first kappa shape index (κ1) is 13.3. The summed E-state index contributed by atoms with van der Waals surface area (Å²) in [5.41, 5.74) is 10.7. The van der Waals surface area contributed by atoms with Crippen molar-refractivity contribution in [2.24, 2.45) is 5.73 Å². The average Bonchev–Trinajstić information content (AvgIpc) is 3.18. The average molecular weight is 267 g/mol. The van der Waals surface area contributed by atoms with Crippen LogP contribution in [0, 0.1) is 6.92 Å². The summed E-state index contributed by atoms with van der Waals surface area (Å²) in [5.74, 6) is 1.30. The second kappa shape index (κ2) is 4.67. The molecule has 1 fully saturated rings.